The summed E-state index contributed by atoms with van der Waals surface area (Å²) in [4.78, 5) is 17.7. The Bertz CT molecular complexity index is 989. The molecule has 0 aliphatic carbocycles. The normalized spacial score (nSPS) is 14.8. The van der Waals surface area contributed by atoms with Gasteiger partial charge in [-0.25, -0.2) is 9.78 Å². The van der Waals surface area contributed by atoms with Crippen molar-refractivity contribution in [2.45, 2.75) is 45.4 Å². The average molecular weight is 513 g/mol. The van der Waals surface area contributed by atoms with Gasteiger partial charge in [0.2, 0.25) is 5.88 Å². The van der Waals surface area contributed by atoms with Crippen molar-refractivity contribution in [2.75, 3.05) is 13.1 Å². The highest BCUT2D eigenvalue weighted by Crippen LogP contribution is 2.34. The van der Waals surface area contributed by atoms with E-state index in [4.69, 9.17) is 9.47 Å². The van der Waals surface area contributed by atoms with Crippen molar-refractivity contribution in [1.82, 2.24) is 9.88 Å². The average Bonchev–Trinajstić information content (AvgIpc) is 2.72. The highest BCUT2D eigenvalue weighted by atomic mass is 79.9. The summed E-state index contributed by atoms with van der Waals surface area (Å²) in [6, 6.07) is 9.32. The van der Waals surface area contributed by atoms with Crippen molar-refractivity contribution in [3.63, 3.8) is 0 Å². The van der Waals surface area contributed by atoms with Crippen LogP contribution in [-0.2, 0) is 10.9 Å². The number of amides is 1. The third-order valence-corrected chi connectivity index (χ3v) is 5.72. The van der Waals surface area contributed by atoms with Crippen molar-refractivity contribution in [1.29, 1.82) is 0 Å². The third-order valence-electron chi connectivity index (χ3n) is 4.70. The van der Waals surface area contributed by atoms with Gasteiger partial charge < -0.3 is 14.4 Å². The number of hydrogen-bond donors (Lipinski definition) is 0. The molecule has 0 radical (unpaired) electrons. The van der Waals surface area contributed by atoms with E-state index in [1.54, 1.807) is 23.1 Å². The molecule has 1 saturated heterocycles. The molecular formula is C23H24BrF3N2O3. The number of likely N-dealkylation sites (tertiary alicyclic amines) is 1. The van der Waals surface area contributed by atoms with E-state index < -0.39 is 17.3 Å². The summed E-state index contributed by atoms with van der Waals surface area (Å²) < 4.78 is 50.0. The van der Waals surface area contributed by atoms with Crippen LogP contribution in [0.25, 0.3) is 4.48 Å². The van der Waals surface area contributed by atoms with E-state index in [1.165, 1.54) is 6.07 Å². The third kappa shape index (κ3) is 6.48. The first-order valence-corrected chi connectivity index (χ1v) is 10.9. The Morgan fingerprint density at radius 3 is 2.34 bits per heavy atom. The standard InChI is InChI=1S/C23H24BrF3N2O3/c1-22(2,3)32-21(30)29-11-9-15(10-12-29)20(24)16-5-4-6-18(13-16)31-19-8-7-17(14-28-19)23(25,26)27/h4-8,13-14H,9-12H2,1-3H3. The summed E-state index contributed by atoms with van der Waals surface area (Å²) in [5.74, 6) is 0.531. The van der Waals surface area contributed by atoms with Crippen molar-refractivity contribution < 1.29 is 27.4 Å². The first-order valence-electron chi connectivity index (χ1n) is 10.1. The second-order valence-corrected chi connectivity index (χ2v) is 9.19. The predicted molar refractivity (Wildman–Crippen MR) is 119 cm³/mol. The van der Waals surface area contributed by atoms with Gasteiger partial charge in [0.25, 0.3) is 0 Å². The zero-order valence-electron chi connectivity index (χ0n) is 18.0. The molecule has 9 heteroatoms. The summed E-state index contributed by atoms with van der Waals surface area (Å²) in [5.41, 5.74) is 0.671. The number of benzene rings is 1. The van der Waals surface area contributed by atoms with Crippen LogP contribution in [0.3, 0.4) is 0 Å². The van der Waals surface area contributed by atoms with E-state index in [0.717, 1.165) is 27.9 Å². The Hall–Kier alpha value is -2.55. The molecule has 0 N–H and O–H groups in total. The molecule has 1 aliphatic rings. The summed E-state index contributed by atoms with van der Waals surface area (Å²) in [6.45, 7) is 6.64. The van der Waals surface area contributed by atoms with Crippen LogP contribution in [0.5, 0.6) is 11.6 Å². The molecule has 2 aromatic rings. The van der Waals surface area contributed by atoms with E-state index >= 15 is 0 Å². The van der Waals surface area contributed by atoms with Crippen LogP contribution in [0.1, 0.15) is 44.7 Å². The fraction of sp³-hybridized carbons (Fsp3) is 0.391. The van der Waals surface area contributed by atoms with E-state index in [1.807, 2.05) is 26.8 Å². The number of hydrogen-bond acceptors (Lipinski definition) is 4. The van der Waals surface area contributed by atoms with Gasteiger partial charge in [0, 0.05) is 29.8 Å². The minimum absolute atomic E-state index is 0.0737. The van der Waals surface area contributed by atoms with Crippen molar-refractivity contribution in [2.24, 2.45) is 0 Å². The van der Waals surface area contributed by atoms with E-state index in [-0.39, 0.29) is 12.0 Å². The lowest BCUT2D eigenvalue weighted by Gasteiger charge is -2.31. The van der Waals surface area contributed by atoms with Crippen LogP contribution in [0, 0.1) is 0 Å². The van der Waals surface area contributed by atoms with Crippen molar-refractivity contribution >= 4 is 26.5 Å². The molecule has 0 spiro atoms. The fourth-order valence-corrected chi connectivity index (χ4v) is 3.78. The minimum Gasteiger partial charge on any atom is -0.444 e. The van der Waals surface area contributed by atoms with E-state index in [0.29, 0.717) is 31.7 Å². The number of nitrogens with zero attached hydrogens (tertiary/aromatic N) is 2. The number of aromatic nitrogens is 1. The molecule has 1 aromatic carbocycles. The summed E-state index contributed by atoms with van der Waals surface area (Å²) in [6.07, 6.45) is -2.61. The van der Waals surface area contributed by atoms with E-state index in [9.17, 15) is 18.0 Å². The van der Waals surface area contributed by atoms with Gasteiger partial charge in [0.1, 0.15) is 11.4 Å². The van der Waals surface area contributed by atoms with Crippen LogP contribution in [0.2, 0.25) is 0 Å². The summed E-state index contributed by atoms with van der Waals surface area (Å²) in [5, 5.41) is 0. The highest BCUT2D eigenvalue weighted by molar-refractivity contribution is 9.15. The molecule has 1 aliphatic heterocycles. The molecule has 0 bridgehead atoms. The lowest BCUT2D eigenvalue weighted by Crippen LogP contribution is -2.40. The van der Waals surface area contributed by atoms with Gasteiger partial charge in [-0.2, -0.15) is 13.2 Å². The Morgan fingerprint density at radius 1 is 1.09 bits per heavy atom. The number of ether oxygens (including phenoxy) is 2. The molecule has 0 saturated carbocycles. The molecule has 3 rings (SSSR count). The SMILES string of the molecule is CC(C)(C)OC(=O)N1CCC(=C(Br)c2cccc(Oc3ccc(C(F)(F)F)cn3)c2)CC1. The fourth-order valence-electron chi connectivity index (χ4n) is 3.13. The Balaban J connectivity index is 1.67. The Morgan fingerprint density at radius 2 is 1.78 bits per heavy atom. The largest absolute Gasteiger partial charge is 0.444 e. The predicted octanol–water partition coefficient (Wildman–Crippen LogP) is 7.03. The molecule has 1 fully saturated rings. The molecule has 0 atom stereocenters. The molecular weight excluding hydrogens is 489 g/mol. The maximum absolute atomic E-state index is 12.7. The topological polar surface area (TPSA) is 51.7 Å². The molecule has 1 aromatic heterocycles. The first kappa shape index (κ1) is 24.1. The number of piperidine rings is 1. The van der Waals surface area contributed by atoms with Gasteiger partial charge in [-0.05, 0) is 57.4 Å². The molecule has 32 heavy (non-hydrogen) atoms. The van der Waals surface area contributed by atoms with Gasteiger partial charge in [-0.1, -0.05) is 33.6 Å². The van der Waals surface area contributed by atoms with Crippen LogP contribution in [0.4, 0.5) is 18.0 Å². The number of pyridine rings is 1. The van der Waals surface area contributed by atoms with Gasteiger partial charge in [0.15, 0.2) is 0 Å². The lowest BCUT2D eigenvalue weighted by molar-refractivity contribution is -0.137. The Labute approximate surface area is 193 Å². The van der Waals surface area contributed by atoms with Gasteiger partial charge in [0.05, 0.1) is 5.56 Å². The smallest absolute Gasteiger partial charge is 0.417 e. The maximum atomic E-state index is 12.7. The van der Waals surface area contributed by atoms with Crippen LogP contribution in [-0.4, -0.2) is 34.7 Å². The lowest BCUT2D eigenvalue weighted by atomic mass is 10.0. The molecule has 5 nitrogen and oxygen atoms in total. The van der Waals surface area contributed by atoms with Gasteiger partial charge in [-0.15, -0.1) is 0 Å². The first-order chi connectivity index (χ1) is 14.9. The zero-order chi connectivity index (χ0) is 23.5. The van der Waals surface area contributed by atoms with Crippen LogP contribution >= 0.6 is 15.9 Å². The molecule has 172 valence electrons. The molecule has 1 amide bonds. The number of carbonyl (C=O) groups is 1. The second kappa shape index (κ2) is 9.52. The minimum atomic E-state index is -4.44. The van der Waals surface area contributed by atoms with E-state index in [2.05, 4.69) is 20.9 Å². The van der Waals surface area contributed by atoms with Gasteiger partial charge in [-0.3, -0.25) is 0 Å². The summed E-state index contributed by atoms with van der Waals surface area (Å²) >= 11 is 3.65. The number of rotatable bonds is 3. The zero-order valence-corrected chi connectivity index (χ0v) is 19.6. The monoisotopic (exact) mass is 512 g/mol. The maximum Gasteiger partial charge on any atom is 0.417 e. The van der Waals surface area contributed by atoms with Crippen LogP contribution in [0.15, 0.2) is 48.2 Å². The Kier molecular flexibility index (Phi) is 7.17. The van der Waals surface area contributed by atoms with Crippen LogP contribution < -0.4 is 4.74 Å². The quantitative estimate of drug-likeness (QED) is 0.442. The van der Waals surface area contributed by atoms with Crippen molar-refractivity contribution in [3.05, 3.63) is 59.3 Å². The number of carbonyl (C=O) groups excluding carboxylic acids is 1. The number of alkyl halides is 3. The molecule has 2 heterocycles. The van der Waals surface area contributed by atoms with Gasteiger partial charge >= 0.3 is 12.3 Å². The number of halogens is 4. The highest BCUT2D eigenvalue weighted by Gasteiger charge is 2.30. The summed E-state index contributed by atoms with van der Waals surface area (Å²) in [7, 11) is 0. The molecule has 0 unspecified atom stereocenters. The van der Waals surface area contributed by atoms with Crippen molar-refractivity contribution in [3.8, 4) is 11.6 Å². The second-order valence-electron chi connectivity index (χ2n) is 8.40.